The molecule has 0 spiro atoms. The van der Waals surface area contributed by atoms with Crippen LogP contribution in [0.4, 0.5) is 14.5 Å². The van der Waals surface area contributed by atoms with Crippen molar-refractivity contribution in [2.75, 3.05) is 32.1 Å². The average Bonchev–Trinajstić information content (AvgIpc) is 2.85. The highest BCUT2D eigenvalue weighted by molar-refractivity contribution is 9.10. The summed E-state index contributed by atoms with van der Waals surface area (Å²) in [6.07, 6.45) is 0. The number of anilines is 1. The number of carbonyl (C=O) groups excluding carboxylic acids is 2. The number of hydrogen-bond acceptors (Lipinski definition) is 5. The summed E-state index contributed by atoms with van der Waals surface area (Å²) in [5.74, 6) is -3.28. The zero-order valence-electron chi connectivity index (χ0n) is 12.3. The van der Waals surface area contributed by atoms with E-state index in [0.717, 1.165) is 13.2 Å². The number of nitrogens with zero attached hydrogens (tertiary/aromatic N) is 1. The third-order valence-corrected chi connectivity index (χ3v) is 4.34. The molecule has 2 rings (SSSR count). The standard InChI is InChI=1S/C14H12BrClF2N2O4/c1-24-14(23)6-5-20(2-3-21)13(22)11(6)19-12-8(17)4-7(16)10(18)9(12)15/h4,19,21H,2-3,5H2,1H3. The van der Waals surface area contributed by atoms with Gasteiger partial charge in [0.15, 0.2) is 5.82 Å². The smallest absolute Gasteiger partial charge is 0.337 e. The van der Waals surface area contributed by atoms with Crippen molar-refractivity contribution >= 4 is 45.1 Å². The third kappa shape index (κ3) is 3.38. The van der Waals surface area contributed by atoms with E-state index < -0.39 is 28.5 Å². The van der Waals surface area contributed by atoms with E-state index in [-0.39, 0.29) is 41.1 Å². The van der Waals surface area contributed by atoms with Gasteiger partial charge in [-0.3, -0.25) is 4.79 Å². The monoisotopic (exact) mass is 424 g/mol. The van der Waals surface area contributed by atoms with E-state index in [0.29, 0.717) is 0 Å². The quantitative estimate of drug-likeness (QED) is 0.429. The van der Waals surface area contributed by atoms with E-state index in [1.165, 1.54) is 4.90 Å². The number of aliphatic hydroxyl groups is 1. The maximum absolute atomic E-state index is 14.1. The molecule has 0 unspecified atom stereocenters. The lowest BCUT2D eigenvalue weighted by atomic mass is 10.2. The number of methoxy groups -OCH3 is 1. The summed E-state index contributed by atoms with van der Waals surface area (Å²) in [4.78, 5) is 25.3. The second-order valence-corrected chi connectivity index (χ2v) is 5.96. The first-order chi connectivity index (χ1) is 11.3. The van der Waals surface area contributed by atoms with Crippen LogP contribution in [0.3, 0.4) is 0 Å². The van der Waals surface area contributed by atoms with Crippen LogP contribution >= 0.6 is 27.5 Å². The Kier molecular flexibility index (Phi) is 5.79. The molecule has 10 heteroatoms. The fraction of sp³-hybridized carbons (Fsp3) is 0.286. The van der Waals surface area contributed by atoms with Crippen molar-refractivity contribution in [1.82, 2.24) is 4.90 Å². The molecule has 0 aromatic heterocycles. The number of nitrogens with one attached hydrogen (secondary N) is 1. The molecule has 2 N–H and O–H groups in total. The van der Waals surface area contributed by atoms with Gasteiger partial charge in [-0.1, -0.05) is 11.6 Å². The summed E-state index contributed by atoms with van der Waals surface area (Å²) >= 11 is 8.40. The molecule has 0 saturated carbocycles. The predicted octanol–water partition coefficient (Wildman–Crippen LogP) is 2.05. The van der Waals surface area contributed by atoms with Gasteiger partial charge < -0.3 is 20.1 Å². The lowest BCUT2D eigenvalue weighted by Crippen LogP contribution is -2.31. The van der Waals surface area contributed by atoms with Crippen LogP contribution in [-0.4, -0.2) is 48.7 Å². The summed E-state index contributed by atoms with van der Waals surface area (Å²) in [6.45, 7) is -0.464. The molecule has 6 nitrogen and oxygen atoms in total. The number of rotatable bonds is 5. The van der Waals surface area contributed by atoms with Crippen molar-refractivity contribution in [3.63, 3.8) is 0 Å². The highest BCUT2D eigenvalue weighted by Gasteiger charge is 2.35. The van der Waals surface area contributed by atoms with E-state index in [9.17, 15) is 18.4 Å². The molecule has 1 heterocycles. The Morgan fingerprint density at radius 3 is 2.79 bits per heavy atom. The molecule has 0 atom stereocenters. The summed E-state index contributed by atoms with van der Waals surface area (Å²) in [5, 5.41) is 11.0. The van der Waals surface area contributed by atoms with Crippen molar-refractivity contribution < 1.29 is 28.2 Å². The van der Waals surface area contributed by atoms with Gasteiger partial charge in [0.2, 0.25) is 0 Å². The minimum Gasteiger partial charge on any atom is -0.466 e. The molecule has 0 bridgehead atoms. The van der Waals surface area contributed by atoms with Gasteiger partial charge in [-0.05, 0) is 22.0 Å². The maximum atomic E-state index is 14.1. The van der Waals surface area contributed by atoms with Crippen LogP contribution in [0.5, 0.6) is 0 Å². The fourth-order valence-electron chi connectivity index (χ4n) is 2.15. The number of aliphatic hydroxyl groups excluding tert-OH is 1. The third-order valence-electron chi connectivity index (χ3n) is 3.32. The van der Waals surface area contributed by atoms with Crippen molar-refractivity contribution in [3.8, 4) is 0 Å². The molecule has 1 amide bonds. The number of carbonyl (C=O) groups is 2. The van der Waals surface area contributed by atoms with Gasteiger partial charge in [0.05, 0.1) is 41.0 Å². The van der Waals surface area contributed by atoms with Crippen LogP contribution in [0, 0.1) is 11.6 Å². The van der Waals surface area contributed by atoms with E-state index in [1.807, 2.05) is 0 Å². The number of halogens is 4. The highest BCUT2D eigenvalue weighted by Crippen LogP contribution is 2.35. The second kappa shape index (κ2) is 7.45. The zero-order valence-corrected chi connectivity index (χ0v) is 14.7. The van der Waals surface area contributed by atoms with Gasteiger partial charge in [0.25, 0.3) is 5.91 Å². The van der Waals surface area contributed by atoms with Crippen molar-refractivity contribution in [2.24, 2.45) is 0 Å². The number of ether oxygens (including phenoxy) is 1. The Morgan fingerprint density at radius 2 is 2.21 bits per heavy atom. The normalized spacial score (nSPS) is 14.4. The fourth-order valence-corrected chi connectivity index (χ4v) is 2.96. The molecule has 1 aromatic carbocycles. The zero-order chi connectivity index (χ0) is 18.0. The SMILES string of the molecule is COC(=O)C1=C(Nc2c(F)cc(Cl)c(F)c2Br)C(=O)N(CCO)C1. The van der Waals surface area contributed by atoms with Crippen LogP contribution in [-0.2, 0) is 14.3 Å². The Hall–Kier alpha value is -1.71. The van der Waals surface area contributed by atoms with Gasteiger partial charge >= 0.3 is 5.97 Å². The van der Waals surface area contributed by atoms with Crippen molar-refractivity contribution in [3.05, 3.63) is 38.5 Å². The van der Waals surface area contributed by atoms with Crippen molar-refractivity contribution in [1.29, 1.82) is 0 Å². The molecule has 0 radical (unpaired) electrons. The van der Waals surface area contributed by atoms with Crippen molar-refractivity contribution in [2.45, 2.75) is 0 Å². The Bertz CT molecular complexity index is 742. The molecule has 1 aliphatic rings. The topological polar surface area (TPSA) is 78.9 Å². The van der Waals surface area contributed by atoms with E-state index in [1.54, 1.807) is 0 Å². The first kappa shape index (κ1) is 18.6. The number of esters is 1. The van der Waals surface area contributed by atoms with E-state index >= 15 is 0 Å². The van der Waals surface area contributed by atoms with Gasteiger partial charge in [-0.25, -0.2) is 13.6 Å². The van der Waals surface area contributed by atoms with Gasteiger partial charge in [0, 0.05) is 6.54 Å². The highest BCUT2D eigenvalue weighted by atomic mass is 79.9. The molecule has 0 saturated heterocycles. The first-order valence-electron chi connectivity index (χ1n) is 6.63. The van der Waals surface area contributed by atoms with Crippen LogP contribution in [0.1, 0.15) is 0 Å². The minimum absolute atomic E-state index is 0.0247. The average molecular weight is 426 g/mol. The first-order valence-corrected chi connectivity index (χ1v) is 7.80. The molecular weight excluding hydrogens is 414 g/mol. The number of amides is 1. The largest absolute Gasteiger partial charge is 0.466 e. The lowest BCUT2D eigenvalue weighted by Gasteiger charge is -2.16. The maximum Gasteiger partial charge on any atom is 0.337 e. The van der Waals surface area contributed by atoms with Crippen LogP contribution in [0.25, 0.3) is 0 Å². The Morgan fingerprint density at radius 1 is 1.54 bits per heavy atom. The molecule has 24 heavy (non-hydrogen) atoms. The summed E-state index contributed by atoms with van der Waals surface area (Å²) in [5.41, 5.74) is -0.693. The Labute approximate surface area is 149 Å². The summed E-state index contributed by atoms with van der Waals surface area (Å²) < 4.78 is 32.2. The lowest BCUT2D eigenvalue weighted by molar-refractivity contribution is -0.136. The second-order valence-electron chi connectivity index (χ2n) is 4.76. The molecular formula is C14H12BrClF2N2O4. The van der Waals surface area contributed by atoms with Gasteiger partial charge in [-0.15, -0.1) is 0 Å². The number of β-amino-alcohol motifs (C(OH)–C–C–N with tert-alkyl or cyclic N) is 1. The molecule has 1 aliphatic heterocycles. The number of benzene rings is 1. The molecule has 130 valence electrons. The van der Waals surface area contributed by atoms with Crippen LogP contribution < -0.4 is 5.32 Å². The van der Waals surface area contributed by atoms with Gasteiger partial charge in [0.1, 0.15) is 11.5 Å². The molecule has 0 aliphatic carbocycles. The van der Waals surface area contributed by atoms with E-state index in [4.69, 9.17) is 16.7 Å². The molecule has 0 fully saturated rings. The van der Waals surface area contributed by atoms with Crippen LogP contribution in [0.15, 0.2) is 21.8 Å². The van der Waals surface area contributed by atoms with Crippen LogP contribution in [0.2, 0.25) is 5.02 Å². The summed E-state index contributed by atoms with van der Waals surface area (Å²) in [7, 11) is 1.13. The molecule has 1 aromatic rings. The van der Waals surface area contributed by atoms with E-state index in [2.05, 4.69) is 26.0 Å². The number of hydrogen-bond donors (Lipinski definition) is 2. The predicted molar refractivity (Wildman–Crippen MR) is 85.4 cm³/mol. The Balaban J connectivity index is 2.47. The summed E-state index contributed by atoms with van der Waals surface area (Å²) in [6, 6.07) is 0.743. The van der Waals surface area contributed by atoms with Gasteiger partial charge in [-0.2, -0.15) is 0 Å². The minimum atomic E-state index is -0.918.